The van der Waals surface area contributed by atoms with Crippen LogP contribution in [0.4, 0.5) is 5.69 Å². The molecule has 2 aromatic rings. The maximum atomic E-state index is 13.1. The summed E-state index contributed by atoms with van der Waals surface area (Å²) in [5.74, 6) is -2.31. The van der Waals surface area contributed by atoms with Crippen molar-refractivity contribution in [2.45, 2.75) is 40.2 Å². The van der Waals surface area contributed by atoms with Gasteiger partial charge in [-0.05, 0) is 25.8 Å². The Morgan fingerprint density at radius 1 is 1.17 bits per heavy atom. The normalized spacial score (nSPS) is 11.9. The van der Waals surface area contributed by atoms with Gasteiger partial charge in [0.1, 0.15) is 6.10 Å². The van der Waals surface area contributed by atoms with Crippen molar-refractivity contribution in [2.75, 3.05) is 6.61 Å². The second kappa shape index (κ2) is 9.45. The number of nitro groups is 1. The van der Waals surface area contributed by atoms with Gasteiger partial charge in [-0.2, -0.15) is 0 Å². The van der Waals surface area contributed by atoms with Crippen LogP contribution in [0.25, 0.3) is 11.1 Å². The second-order valence-corrected chi connectivity index (χ2v) is 7.19. The third-order valence-corrected chi connectivity index (χ3v) is 4.76. The van der Waals surface area contributed by atoms with Gasteiger partial charge in [-0.15, -0.1) is 0 Å². The number of para-hydroxylation sites is 1. The summed E-state index contributed by atoms with van der Waals surface area (Å²) >= 11 is 0. The van der Waals surface area contributed by atoms with Gasteiger partial charge < -0.3 is 14.9 Å². The van der Waals surface area contributed by atoms with Gasteiger partial charge in [0.25, 0.3) is 5.69 Å². The van der Waals surface area contributed by atoms with Crippen molar-refractivity contribution < 1.29 is 29.5 Å². The number of aromatic nitrogens is 1. The molecule has 2 N–H and O–H groups in total. The molecule has 2 rings (SSSR count). The lowest BCUT2D eigenvalue weighted by molar-refractivity contribution is -0.384. The van der Waals surface area contributed by atoms with Gasteiger partial charge in [-0.3, -0.25) is 15.1 Å². The minimum absolute atomic E-state index is 0.0105. The Morgan fingerprint density at radius 3 is 2.30 bits per heavy atom. The SMILES string of the molecule is Cc1nc(C)c(C(=O)OC(CCO)C(C)C)c(-c2ccccc2[N+](=O)[O-])c1C(=O)O. The third kappa shape index (κ3) is 4.62. The van der Waals surface area contributed by atoms with Crippen molar-refractivity contribution in [2.24, 2.45) is 5.92 Å². The highest BCUT2D eigenvalue weighted by atomic mass is 16.6. The maximum Gasteiger partial charge on any atom is 0.340 e. The number of hydrogen-bond donors (Lipinski definition) is 2. The maximum absolute atomic E-state index is 13.1. The molecule has 160 valence electrons. The quantitative estimate of drug-likeness (QED) is 0.378. The van der Waals surface area contributed by atoms with Crippen LogP contribution in [0.2, 0.25) is 0 Å². The van der Waals surface area contributed by atoms with Crippen LogP contribution in [0.1, 0.15) is 52.4 Å². The number of benzene rings is 1. The molecule has 0 fully saturated rings. The molecule has 9 heteroatoms. The Morgan fingerprint density at radius 2 is 1.77 bits per heavy atom. The molecule has 0 radical (unpaired) electrons. The molecule has 1 heterocycles. The molecule has 1 aromatic carbocycles. The number of aryl methyl sites for hydroxylation is 2. The third-order valence-electron chi connectivity index (χ3n) is 4.76. The second-order valence-electron chi connectivity index (χ2n) is 7.19. The first-order valence-electron chi connectivity index (χ1n) is 9.40. The summed E-state index contributed by atoms with van der Waals surface area (Å²) < 4.78 is 5.55. The van der Waals surface area contributed by atoms with Gasteiger partial charge >= 0.3 is 11.9 Å². The monoisotopic (exact) mass is 416 g/mol. The van der Waals surface area contributed by atoms with Crippen molar-refractivity contribution in [3.8, 4) is 11.1 Å². The molecular weight excluding hydrogens is 392 g/mol. The number of aliphatic hydroxyl groups is 1. The number of carboxylic acid groups (broad SMARTS) is 1. The standard InChI is InChI=1S/C21H24N2O7/c1-11(2)16(9-10-24)30-21(27)18-13(4)22-12(3)17(20(25)26)19(18)14-7-5-6-8-15(14)23(28)29/h5-8,11,16,24H,9-10H2,1-4H3,(H,25,26). The summed E-state index contributed by atoms with van der Waals surface area (Å²) in [6.07, 6.45) is -0.413. The predicted octanol–water partition coefficient (Wildman–Crippen LogP) is 3.54. The molecule has 1 atom stereocenters. The molecule has 1 unspecified atom stereocenters. The molecule has 0 saturated carbocycles. The lowest BCUT2D eigenvalue weighted by atomic mass is 9.91. The highest BCUT2D eigenvalue weighted by Gasteiger charge is 2.31. The number of carbonyl (C=O) groups excluding carboxylic acids is 1. The summed E-state index contributed by atoms with van der Waals surface area (Å²) in [5, 5.41) is 30.6. The molecular formula is C21H24N2O7. The summed E-state index contributed by atoms with van der Waals surface area (Å²) in [6.45, 7) is 6.42. The van der Waals surface area contributed by atoms with Crippen LogP contribution in [0.3, 0.4) is 0 Å². The summed E-state index contributed by atoms with van der Waals surface area (Å²) in [7, 11) is 0. The van der Waals surface area contributed by atoms with E-state index in [2.05, 4.69) is 4.98 Å². The average molecular weight is 416 g/mol. The minimum Gasteiger partial charge on any atom is -0.478 e. The molecule has 0 amide bonds. The van der Waals surface area contributed by atoms with Crippen LogP contribution in [-0.4, -0.2) is 44.8 Å². The van der Waals surface area contributed by atoms with Crippen LogP contribution in [0.15, 0.2) is 24.3 Å². The van der Waals surface area contributed by atoms with E-state index < -0.39 is 23.0 Å². The number of pyridine rings is 1. The highest BCUT2D eigenvalue weighted by molar-refractivity contribution is 6.07. The van der Waals surface area contributed by atoms with Crippen LogP contribution in [0.5, 0.6) is 0 Å². The van der Waals surface area contributed by atoms with Crippen LogP contribution in [-0.2, 0) is 4.74 Å². The van der Waals surface area contributed by atoms with E-state index in [1.54, 1.807) is 0 Å². The topological polar surface area (TPSA) is 140 Å². The zero-order valence-electron chi connectivity index (χ0n) is 17.2. The minimum atomic E-state index is -1.36. The molecule has 0 saturated heterocycles. The number of rotatable bonds is 8. The molecule has 1 aromatic heterocycles. The van der Waals surface area contributed by atoms with E-state index in [0.717, 1.165) is 0 Å². The summed E-state index contributed by atoms with van der Waals surface area (Å²) in [5.41, 5.74) is -0.571. The van der Waals surface area contributed by atoms with Crippen molar-refractivity contribution in [3.05, 3.63) is 56.9 Å². The molecule has 0 spiro atoms. The van der Waals surface area contributed by atoms with Gasteiger partial charge in [-0.1, -0.05) is 26.0 Å². The van der Waals surface area contributed by atoms with E-state index in [1.807, 2.05) is 13.8 Å². The van der Waals surface area contributed by atoms with Gasteiger partial charge in [-0.25, -0.2) is 9.59 Å². The molecule has 0 aliphatic heterocycles. The Labute approximate surface area is 173 Å². The number of aliphatic hydroxyl groups excluding tert-OH is 1. The number of carbonyl (C=O) groups is 2. The van der Waals surface area contributed by atoms with Gasteiger partial charge in [0.2, 0.25) is 0 Å². The number of aromatic carboxylic acids is 1. The highest BCUT2D eigenvalue weighted by Crippen LogP contribution is 2.37. The van der Waals surface area contributed by atoms with E-state index in [-0.39, 0.29) is 58.3 Å². The Hall–Kier alpha value is -3.33. The van der Waals surface area contributed by atoms with Gasteiger partial charge in [0.05, 0.1) is 33.0 Å². The first-order valence-corrected chi connectivity index (χ1v) is 9.40. The van der Waals surface area contributed by atoms with Crippen LogP contribution >= 0.6 is 0 Å². The fourth-order valence-corrected chi connectivity index (χ4v) is 3.33. The van der Waals surface area contributed by atoms with E-state index in [9.17, 15) is 29.9 Å². The number of carboxylic acids is 1. The molecule has 9 nitrogen and oxygen atoms in total. The largest absolute Gasteiger partial charge is 0.478 e. The molecule has 0 aliphatic carbocycles. The Bertz CT molecular complexity index is 986. The number of hydrogen-bond acceptors (Lipinski definition) is 7. The van der Waals surface area contributed by atoms with Crippen LogP contribution < -0.4 is 0 Å². The zero-order valence-corrected chi connectivity index (χ0v) is 17.2. The van der Waals surface area contributed by atoms with E-state index in [1.165, 1.54) is 38.1 Å². The molecule has 0 bridgehead atoms. The van der Waals surface area contributed by atoms with Gasteiger partial charge in [0, 0.05) is 24.7 Å². The lowest BCUT2D eigenvalue weighted by Gasteiger charge is -2.23. The van der Waals surface area contributed by atoms with E-state index >= 15 is 0 Å². The summed E-state index contributed by atoms with van der Waals surface area (Å²) in [6, 6.07) is 5.61. The zero-order chi connectivity index (χ0) is 22.6. The number of esters is 1. The van der Waals surface area contributed by atoms with Crippen molar-refractivity contribution in [1.82, 2.24) is 4.98 Å². The predicted molar refractivity (Wildman–Crippen MR) is 109 cm³/mol. The average Bonchev–Trinajstić information content (AvgIpc) is 2.66. The van der Waals surface area contributed by atoms with Gasteiger partial charge in [0.15, 0.2) is 0 Å². The van der Waals surface area contributed by atoms with E-state index in [0.29, 0.717) is 0 Å². The summed E-state index contributed by atoms with van der Waals surface area (Å²) in [4.78, 5) is 40.2. The number of nitrogens with zero attached hydrogens (tertiary/aromatic N) is 2. The lowest BCUT2D eigenvalue weighted by Crippen LogP contribution is -2.26. The fourth-order valence-electron chi connectivity index (χ4n) is 3.33. The van der Waals surface area contributed by atoms with Crippen LogP contribution in [0, 0.1) is 29.9 Å². The first kappa shape index (κ1) is 23.0. The fraction of sp³-hybridized carbons (Fsp3) is 0.381. The smallest absolute Gasteiger partial charge is 0.340 e. The Balaban J connectivity index is 2.82. The number of nitro benzene ring substituents is 1. The molecule has 30 heavy (non-hydrogen) atoms. The van der Waals surface area contributed by atoms with Crippen molar-refractivity contribution in [3.63, 3.8) is 0 Å². The Kier molecular flexibility index (Phi) is 7.23. The first-order chi connectivity index (χ1) is 14.1. The van der Waals surface area contributed by atoms with Crippen molar-refractivity contribution in [1.29, 1.82) is 0 Å². The molecule has 0 aliphatic rings. The van der Waals surface area contributed by atoms with E-state index in [4.69, 9.17) is 4.74 Å². The van der Waals surface area contributed by atoms with Crippen molar-refractivity contribution >= 4 is 17.6 Å². The number of ether oxygens (including phenoxy) is 1.